The minimum absolute atomic E-state index is 0.0271. The summed E-state index contributed by atoms with van der Waals surface area (Å²) in [7, 11) is 0. The van der Waals surface area contributed by atoms with Gasteiger partial charge in [-0.25, -0.2) is 0 Å². The predicted octanol–water partition coefficient (Wildman–Crippen LogP) is 5.21. The van der Waals surface area contributed by atoms with Gasteiger partial charge >= 0.3 is 5.97 Å². The Bertz CT molecular complexity index is 385. The van der Waals surface area contributed by atoms with Crippen LogP contribution in [0, 0.1) is 11.3 Å². The largest absolute Gasteiger partial charge is 0.459 e. The van der Waals surface area contributed by atoms with E-state index in [1.165, 1.54) is 19.3 Å². The number of hydrogen-bond acceptors (Lipinski definition) is 3. The summed E-state index contributed by atoms with van der Waals surface area (Å²) in [6.45, 7) is 12.7. The van der Waals surface area contributed by atoms with Crippen LogP contribution in [0.5, 0.6) is 0 Å². The van der Waals surface area contributed by atoms with Gasteiger partial charge in [0.25, 0.3) is 0 Å². The Kier molecular flexibility index (Phi) is 7.12. The highest BCUT2D eigenvalue weighted by Gasteiger charge is 2.46. The van der Waals surface area contributed by atoms with E-state index in [0.717, 1.165) is 32.1 Å². The van der Waals surface area contributed by atoms with Gasteiger partial charge in [-0.2, -0.15) is 0 Å². The first-order valence-corrected chi connectivity index (χ1v) is 9.67. The number of esters is 1. The van der Waals surface area contributed by atoms with E-state index in [-0.39, 0.29) is 23.0 Å². The van der Waals surface area contributed by atoms with Crippen molar-refractivity contribution in [2.75, 3.05) is 0 Å². The molecule has 0 saturated heterocycles. The zero-order chi connectivity index (χ0) is 17.7. The van der Waals surface area contributed by atoms with Gasteiger partial charge in [0.2, 0.25) is 0 Å². The molecular weight excluding hydrogens is 286 g/mol. The van der Waals surface area contributed by atoms with Gasteiger partial charge in [-0.1, -0.05) is 40.5 Å². The quantitative estimate of drug-likeness (QED) is 0.623. The Morgan fingerprint density at radius 2 is 1.74 bits per heavy atom. The number of nitrogens with two attached hydrogens (primary N) is 1. The Morgan fingerprint density at radius 1 is 1.17 bits per heavy atom. The highest BCUT2D eigenvalue weighted by atomic mass is 16.6. The number of hydrogen-bond donors (Lipinski definition) is 1. The van der Waals surface area contributed by atoms with E-state index in [0.29, 0.717) is 6.42 Å². The Morgan fingerprint density at radius 3 is 2.17 bits per heavy atom. The van der Waals surface area contributed by atoms with Crippen molar-refractivity contribution in [1.29, 1.82) is 0 Å². The van der Waals surface area contributed by atoms with Crippen LogP contribution in [0.3, 0.4) is 0 Å². The summed E-state index contributed by atoms with van der Waals surface area (Å²) in [5.41, 5.74) is 5.35. The lowest BCUT2D eigenvalue weighted by Crippen LogP contribution is -2.50. The molecule has 3 unspecified atom stereocenters. The van der Waals surface area contributed by atoms with Crippen molar-refractivity contribution in [3.8, 4) is 0 Å². The lowest BCUT2D eigenvalue weighted by Gasteiger charge is -2.43. The molecule has 1 aliphatic rings. The number of carbonyl (C=O) groups excluding carboxylic acids is 1. The molecule has 0 aromatic heterocycles. The average molecular weight is 326 g/mol. The highest BCUT2D eigenvalue weighted by Crippen LogP contribution is 2.42. The van der Waals surface area contributed by atoms with E-state index >= 15 is 0 Å². The molecule has 1 fully saturated rings. The van der Waals surface area contributed by atoms with Gasteiger partial charge in [-0.15, -0.1) is 0 Å². The molecule has 3 nitrogen and oxygen atoms in total. The van der Waals surface area contributed by atoms with Crippen LogP contribution < -0.4 is 5.73 Å². The first-order valence-electron chi connectivity index (χ1n) is 9.67. The average Bonchev–Trinajstić information content (AvgIpc) is 2.54. The van der Waals surface area contributed by atoms with Gasteiger partial charge in [0.05, 0.1) is 5.41 Å². The van der Waals surface area contributed by atoms with E-state index in [2.05, 4.69) is 41.5 Å². The van der Waals surface area contributed by atoms with Crippen LogP contribution in [-0.4, -0.2) is 17.1 Å². The van der Waals surface area contributed by atoms with Gasteiger partial charge in [0, 0.05) is 5.54 Å². The topological polar surface area (TPSA) is 52.3 Å². The molecule has 0 aliphatic heterocycles. The van der Waals surface area contributed by atoms with E-state index in [4.69, 9.17) is 10.5 Å². The van der Waals surface area contributed by atoms with Gasteiger partial charge in [0.1, 0.15) is 5.60 Å². The molecule has 0 amide bonds. The minimum Gasteiger partial charge on any atom is -0.459 e. The third-order valence-corrected chi connectivity index (χ3v) is 6.46. The first kappa shape index (κ1) is 20.5. The molecule has 0 aromatic rings. The molecule has 1 saturated carbocycles. The molecule has 0 spiro atoms. The normalized spacial score (nSPS) is 24.3. The second-order valence-electron chi connectivity index (χ2n) is 8.40. The van der Waals surface area contributed by atoms with Crippen molar-refractivity contribution in [2.24, 2.45) is 17.1 Å². The second-order valence-corrected chi connectivity index (χ2v) is 8.40. The van der Waals surface area contributed by atoms with E-state index in [1.807, 2.05) is 0 Å². The van der Waals surface area contributed by atoms with Crippen LogP contribution in [0.15, 0.2) is 0 Å². The van der Waals surface area contributed by atoms with Gasteiger partial charge in [-0.3, -0.25) is 4.79 Å². The summed E-state index contributed by atoms with van der Waals surface area (Å²) in [5, 5.41) is 0. The molecular formula is C20H39NO2. The molecule has 0 heterocycles. The van der Waals surface area contributed by atoms with Crippen molar-refractivity contribution >= 4 is 5.97 Å². The van der Waals surface area contributed by atoms with E-state index in [9.17, 15) is 4.79 Å². The lowest BCUT2D eigenvalue weighted by atomic mass is 9.68. The fraction of sp³-hybridized carbons (Fsp3) is 0.950. The molecule has 3 heteroatoms. The molecule has 1 rings (SSSR count). The number of ether oxygens (including phenoxy) is 1. The third-order valence-electron chi connectivity index (χ3n) is 6.46. The number of carbonyl (C=O) groups is 1. The highest BCUT2D eigenvalue weighted by molar-refractivity contribution is 5.77. The Balaban J connectivity index is 2.99. The molecule has 0 radical (unpaired) electrons. The van der Waals surface area contributed by atoms with Gasteiger partial charge in [-0.05, 0) is 64.7 Å². The summed E-state index contributed by atoms with van der Waals surface area (Å²) < 4.78 is 6.21. The van der Waals surface area contributed by atoms with Crippen molar-refractivity contribution in [1.82, 2.24) is 0 Å². The second kappa shape index (κ2) is 8.00. The van der Waals surface area contributed by atoms with Crippen LogP contribution in [-0.2, 0) is 9.53 Å². The molecule has 0 bridgehead atoms. The first-order chi connectivity index (χ1) is 10.6. The van der Waals surface area contributed by atoms with Gasteiger partial charge in [0.15, 0.2) is 0 Å². The maximum absolute atomic E-state index is 13.2. The SMILES string of the molecule is CCC(C)C(C)(CC(C)(N)CC)C(=O)OC1(CC)CCCCC1. The van der Waals surface area contributed by atoms with Gasteiger partial charge < -0.3 is 10.5 Å². The van der Waals surface area contributed by atoms with Crippen LogP contribution in [0.1, 0.15) is 99.3 Å². The van der Waals surface area contributed by atoms with Crippen LogP contribution in [0.25, 0.3) is 0 Å². The molecule has 3 atom stereocenters. The maximum atomic E-state index is 13.2. The Hall–Kier alpha value is -0.570. The monoisotopic (exact) mass is 325 g/mol. The van der Waals surface area contributed by atoms with E-state index in [1.54, 1.807) is 0 Å². The smallest absolute Gasteiger partial charge is 0.312 e. The third kappa shape index (κ3) is 4.95. The summed E-state index contributed by atoms with van der Waals surface area (Å²) >= 11 is 0. The number of rotatable bonds is 8. The summed E-state index contributed by atoms with van der Waals surface area (Å²) in [6.07, 6.45) is 9.07. The summed E-state index contributed by atoms with van der Waals surface area (Å²) in [6, 6.07) is 0. The fourth-order valence-electron chi connectivity index (χ4n) is 3.90. The van der Waals surface area contributed by atoms with Crippen molar-refractivity contribution in [3.05, 3.63) is 0 Å². The van der Waals surface area contributed by atoms with E-state index < -0.39 is 5.41 Å². The summed E-state index contributed by atoms with van der Waals surface area (Å²) in [4.78, 5) is 13.2. The van der Waals surface area contributed by atoms with Crippen molar-refractivity contribution < 1.29 is 9.53 Å². The summed E-state index contributed by atoms with van der Waals surface area (Å²) in [5.74, 6) is 0.239. The molecule has 2 N–H and O–H groups in total. The molecule has 23 heavy (non-hydrogen) atoms. The Labute approximate surface area is 143 Å². The zero-order valence-corrected chi connectivity index (χ0v) is 16.3. The van der Waals surface area contributed by atoms with Crippen molar-refractivity contribution in [3.63, 3.8) is 0 Å². The van der Waals surface area contributed by atoms with Crippen LogP contribution in [0.2, 0.25) is 0 Å². The predicted molar refractivity (Wildman–Crippen MR) is 97.3 cm³/mol. The maximum Gasteiger partial charge on any atom is 0.312 e. The van der Waals surface area contributed by atoms with Crippen molar-refractivity contribution in [2.45, 2.75) is 110 Å². The standard InChI is InChI=1S/C20H39NO2/c1-7-16(4)19(6,15-18(5,21)8-2)17(22)23-20(9-3)13-11-10-12-14-20/h16H,7-15,21H2,1-6H3. The molecule has 136 valence electrons. The molecule has 0 aromatic carbocycles. The van der Waals surface area contributed by atoms with Crippen LogP contribution in [0.4, 0.5) is 0 Å². The lowest BCUT2D eigenvalue weighted by molar-refractivity contribution is -0.180. The van der Waals surface area contributed by atoms with Crippen LogP contribution >= 0.6 is 0 Å². The minimum atomic E-state index is -0.506. The molecule has 1 aliphatic carbocycles. The fourth-order valence-corrected chi connectivity index (χ4v) is 3.90. The zero-order valence-electron chi connectivity index (χ0n) is 16.3.